The van der Waals surface area contributed by atoms with Gasteiger partial charge < -0.3 is 15.2 Å². The van der Waals surface area contributed by atoms with Gasteiger partial charge in [0.2, 0.25) is 0 Å². The summed E-state index contributed by atoms with van der Waals surface area (Å²) in [7, 11) is 1.53. The molecule has 0 atom stereocenters. The molecule has 0 bridgehead atoms. The molecule has 4 aromatic rings. The van der Waals surface area contributed by atoms with Crippen molar-refractivity contribution in [3.8, 4) is 5.75 Å². The van der Waals surface area contributed by atoms with Gasteiger partial charge in [0.1, 0.15) is 11.3 Å². The van der Waals surface area contributed by atoms with E-state index in [1.54, 1.807) is 41.5 Å². The molecule has 132 valence electrons. The molecule has 1 amide bonds. The fourth-order valence-electron chi connectivity index (χ4n) is 2.76. The van der Waals surface area contributed by atoms with Crippen molar-refractivity contribution in [2.75, 3.05) is 19.0 Å². The number of anilines is 1. The molecule has 0 spiro atoms. The minimum atomic E-state index is -0.334. The number of aromatic nitrogens is 5. The van der Waals surface area contributed by atoms with Crippen LogP contribution in [0.5, 0.6) is 5.75 Å². The molecule has 0 saturated heterocycles. The van der Waals surface area contributed by atoms with Gasteiger partial charge in [0.25, 0.3) is 5.91 Å². The largest absolute Gasteiger partial charge is 0.494 e. The van der Waals surface area contributed by atoms with E-state index in [0.717, 1.165) is 5.39 Å². The zero-order valence-corrected chi connectivity index (χ0v) is 14.0. The van der Waals surface area contributed by atoms with Gasteiger partial charge in [-0.3, -0.25) is 9.48 Å². The van der Waals surface area contributed by atoms with E-state index in [1.807, 2.05) is 0 Å². The Morgan fingerprint density at radius 2 is 2.27 bits per heavy atom. The van der Waals surface area contributed by atoms with Gasteiger partial charge in [0.15, 0.2) is 5.65 Å². The van der Waals surface area contributed by atoms with Crippen LogP contribution in [0, 0.1) is 0 Å². The molecule has 9 nitrogen and oxygen atoms in total. The highest BCUT2D eigenvalue weighted by Crippen LogP contribution is 2.30. The van der Waals surface area contributed by atoms with Crippen LogP contribution in [0.3, 0.4) is 0 Å². The fourth-order valence-corrected chi connectivity index (χ4v) is 2.76. The first-order chi connectivity index (χ1) is 12.7. The predicted octanol–water partition coefficient (Wildman–Crippen LogP) is 1.33. The van der Waals surface area contributed by atoms with Crippen LogP contribution in [-0.2, 0) is 6.54 Å². The molecule has 0 saturated carbocycles. The lowest BCUT2D eigenvalue weighted by Crippen LogP contribution is -2.12. The van der Waals surface area contributed by atoms with Crippen molar-refractivity contribution in [3.63, 3.8) is 0 Å². The number of rotatable bonds is 5. The number of hydrogen-bond acceptors (Lipinski definition) is 6. The molecule has 1 aromatic carbocycles. The highest BCUT2D eigenvalue weighted by atomic mass is 16.5. The van der Waals surface area contributed by atoms with Gasteiger partial charge in [-0.05, 0) is 12.1 Å². The van der Waals surface area contributed by atoms with Crippen molar-refractivity contribution in [3.05, 3.63) is 48.5 Å². The quantitative estimate of drug-likeness (QED) is 0.561. The second kappa shape index (κ2) is 6.45. The average molecular weight is 352 g/mol. The van der Waals surface area contributed by atoms with Crippen molar-refractivity contribution in [2.45, 2.75) is 6.54 Å². The molecule has 2 N–H and O–H groups in total. The third kappa shape index (κ3) is 2.74. The van der Waals surface area contributed by atoms with Gasteiger partial charge in [-0.2, -0.15) is 10.2 Å². The maximum Gasteiger partial charge on any atom is 0.261 e. The molecule has 0 fully saturated rings. The zero-order chi connectivity index (χ0) is 18.1. The number of amides is 1. The van der Waals surface area contributed by atoms with Gasteiger partial charge in [-0.15, -0.1) is 0 Å². The summed E-state index contributed by atoms with van der Waals surface area (Å²) in [6, 6.07) is 5.27. The predicted molar refractivity (Wildman–Crippen MR) is 94.3 cm³/mol. The molecule has 0 unspecified atom stereocenters. The number of nitrogens with zero attached hydrogens (tertiary/aromatic N) is 5. The first-order valence-electron chi connectivity index (χ1n) is 7.95. The van der Waals surface area contributed by atoms with Crippen LogP contribution in [0.4, 0.5) is 5.69 Å². The summed E-state index contributed by atoms with van der Waals surface area (Å²) in [5.41, 5.74) is 2.07. The van der Waals surface area contributed by atoms with Crippen LogP contribution in [0.1, 0.15) is 10.4 Å². The lowest BCUT2D eigenvalue weighted by Gasteiger charge is -2.09. The Morgan fingerprint density at radius 3 is 3.08 bits per heavy atom. The van der Waals surface area contributed by atoms with Crippen molar-refractivity contribution >= 4 is 28.1 Å². The number of carbonyl (C=O) groups is 1. The standard InChI is InChI=1S/C17H16N6O3/c1-26-15-8-13-11(10-22(21-13)5-6-24)7-14(15)20-17(25)12-9-19-23-4-2-3-18-16(12)23/h2-4,7-10,24H,5-6H2,1H3,(H,20,25). The van der Waals surface area contributed by atoms with E-state index in [-0.39, 0.29) is 12.5 Å². The molecule has 0 aliphatic heterocycles. The van der Waals surface area contributed by atoms with E-state index in [1.165, 1.54) is 17.8 Å². The first kappa shape index (κ1) is 16.0. The average Bonchev–Trinajstić information content (AvgIpc) is 3.24. The van der Waals surface area contributed by atoms with Crippen LogP contribution in [0.25, 0.3) is 16.6 Å². The topological polar surface area (TPSA) is 107 Å². The fraction of sp³-hybridized carbons (Fsp3) is 0.176. The Bertz CT molecular complexity index is 1100. The van der Waals surface area contributed by atoms with Crippen molar-refractivity contribution < 1.29 is 14.6 Å². The van der Waals surface area contributed by atoms with Gasteiger partial charge in [0, 0.05) is 30.0 Å². The van der Waals surface area contributed by atoms with Crippen LogP contribution >= 0.6 is 0 Å². The number of aliphatic hydroxyl groups excluding tert-OH is 1. The summed E-state index contributed by atoms with van der Waals surface area (Å²) in [6.07, 6.45) is 6.61. The summed E-state index contributed by atoms with van der Waals surface area (Å²) in [5, 5.41) is 21.2. The number of fused-ring (bicyclic) bond motifs is 2. The molecule has 26 heavy (non-hydrogen) atoms. The molecule has 3 heterocycles. The number of nitrogens with one attached hydrogen (secondary N) is 1. The first-order valence-corrected chi connectivity index (χ1v) is 7.95. The number of ether oxygens (including phenoxy) is 1. The number of benzene rings is 1. The summed E-state index contributed by atoms with van der Waals surface area (Å²) in [5.74, 6) is 0.156. The van der Waals surface area contributed by atoms with Gasteiger partial charge in [-0.1, -0.05) is 0 Å². The summed E-state index contributed by atoms with van der Waals surface area (Å²) in [6.45, 7) is 0.392. The Hall–Kier alpha value is -3.46. The van der Waals surface area contributed by atoms with Crippen LogP contribution in [0.15, 0.2) is 43.0 Å². The van der Waals surface area contributed by atoms with E-state index in [2.05, 4.69) is 20.5 Å². The summed E-state index contributed by atoms with van der Waals surface area (Å²) < 4.78 is 8.56. The Morgan fingerprint density at radius 1 is 1.38 bits per heavy atom. The molecule has 0 aliphatic rings. The zero-order valence-electron chi connectivity index (χ0n) is 14.0. The highest BCUT2D eigenvalue weighted by molar-refractivity contribution is 6.09. The molecule has 4 rings (SSSR count). The number of hydrogen-bond donors (Lipinski definition) is 2. The van der Waals surface area contributed by atoms with Crippen molar-refractivity contribution in [2.24, 2.45) is 0 Å². The lowest BCUT2D eigenvalue weighted by molar-refractivity contribution is 0.102. The smallest absolute Gasteiger partial charge is 0.261 e. The second-order valence-corrected chi connectivity index (χ2v) is 5.63. The third-order valence-corrected chi connectivity index (χ3v) is 3.97. The Kier molecular flexibility index (Phi) is 3.98. The molecule has 3 aromatic heterocycles. The molecular weight excluding hydrogens is 336 g/mol. The van der Waals surface area contributed by atoms with Crippen molar-refractivity contribution in [1.82, 2.24) is 24.4 Å². The Labute approximate surface area is 147 Å². The summed E-state index contributed by atoms with van der Waals surface area (Å²) >= 11 is 0. The van der Waals surface area contributed by atoms with E-state index >= 15 is 0 Å². The van der Waals surface area contributed by atoms with Gasteiger partial charge in [0.05, 0.1) is 37.7 Å². The highest BCUT2D eigenvalue weighted by Gasteiger charge is 2.17. The molecule has 0 aliphatic carbocycles. The number of carbonyl (C=O) groups excluding carboxylic acids is 1. The third-order valence-electron chi connectivity index (χ3n) is 3.97. The van der Waals surface area contributed by atoms with Crippen LogP contribution in [0.2, 0.25) is 0 Å². The van der Waals surface area contributed by atoms with Gasteiger partial charge in [-0.25, -0.2) is 9.50 Å². The van der Waals surface area contributed by atoms with Crippen LogP contribution < -0.4 is 10.1 Å². The molecule has 9 heteroatoms. The van der Waals surface area contributed by atoms with E-state index in [4.69, 9.17) is 9.84 Å². The Balaban J connectivity index is 1.70. The number of aliphatic hydroxyl groups is 1. The maximum absolute atomic E-state index is 12.7. The van der Waals surface area contributed by atoms with Crippen molar-refractivity contribution in [1.29, 1.82) is 0 Å². The maximum atomic E-state index is 12.7. The molecule has 0 radical (unpaired) electrons. The number of methoxy groups -OCH3 is 1. The van der Waals surface area contributed by atoms with E-state index in [0.29, 0.717) is 34.7 Å². The normalized spacial score (nSPS) is 11.2. The van der Waals surface area contributed by atoms with Crippen LogP contribution in [-0.4, -0.2) is 49.1 Å². The lowest BCUT2D eigenvalue weighted by atomic mass is 10.2. The van der Waals surface area contributed by atoms with E-state index < -0.39 is 0 Å². The van der Waals surface area contributed by atoms with E-state index in [9.17, 15) is 4.79 Å². The summed E-state index contributed by atoms with van der Waals surface area (Å²) in [4.78, 5) is 16.9. The minimum Gasteiger partial charge on any atom is -0.494 e. The monoisotopic (exact) mass is 352 g/mol. The SMILES string of the molecule is COc1cc2nn(CCO)cc2cc1NC(=O)c1cnn2cccnc12. The van der Waals surface area contributed by atoms with Gasteiger partial charge >= 0.3 is 0 Å². The molecular formula is C17H16N6O3. The minimum absolute atomic E-state index is 0.00352. The second-order valence-electron chi connectivity index (χ2n) is 5.63.